The van der Waals surface area contributed by atoms with Gasteiger partial charge in [-0.15, -0.1) is 10.3 Å². The fraction of sp³-hybridized carbons (Fsp3) is 0. The lowest BCUT2D eigenvalue weighted by Crippen LogP contribution is -2.29. The van der Waals surface area contributed by atoms with Crippen LogP contribution in [-0.4, -0.2) is 27.9 Å². The molecule has 1 saturated heterocycles. The Morgan fingerprint density at radius 1 is 1.04 bits per heavy atom. The van der Waals surface area contributed by atoms with Crippen LogP contribution in [0.5, 0.6) is 0 Å². The monoisotopic (exact) mass is 311 g/mol. The van der Waals surface area contributed by atoms with Gasteiger partial charge in [-0.2, -0.15) is 4.79 Å². The van der Waals surface area contributed by atoms with E-state index in [1.54, 1.807) is 30.3 Å². The maximum absolute atomic E-state index is 12.3. The third-order valence-corrected chi connectivity index (χ3v) is 3.21. The Balaban J connectivity index is 1.88. The van der Waals surface area contributed by atoms with E-state index < -0.39 is 17.0 Å². The molecule has 0 bridgehead atoms. The lowest BCUT2D eigenvalue weighted by Gasteiger charge is -2.00. The van der Waals surface area contributed by atoms with Crippen LogP contribution >= 0.6 is 0 Å². The van der Waals surface area contributed by atoms with Crippen LogP contribution in [0.25, 0.3) is 0 Å². The molecule has 3 rings (SSSR count). The lowest BCUT2D eigenvalue weighted by atomic mass is 10.2. The predicted molar refractivity (Wildman–Crippen MR) is 81.4 cm³/mol. The molecule has 1 fully saturated rings. The summed E-state index contributed by atoms with van der Waals surface area (Å²) < 4.78 is 1.04. The molecule has 114 valence electrons. The van der Waals surface area contributed by atoms with Crippen molar-refractivity contribution in [2.75, 3.05) is 4.90 Å². The number of carbonyl (C=O) groups excluding carboxylic acids is 2. The van der Waals surface area contributed by atoms with Gasteiger partial charge in [0.15, 0.2) is 0 Å². The summed E-state index contributed by atoms with van der Waals surface area (Å²) in [6, 6.07) is 13.0. The molecule has 2 aromatic carbocycles. The summed E-state index contributed by atoms with van der Waals surface area (Å²) in [5.74, 6) is 0. The highest BCUT2D eigenvalue weighted by molar-refractivity contribution is 6.14. The Kier molecular flexibility index (Phi) is 3.55. The molecular weight excluding hydrogens is 300 g/mol. The number of nitro groups is 1. The van der Waals surface area contributed by atoms with Gasteiger partial charge >= 0.3 is 12.1 Å². The van der Waals surface area contributed by atoms with Crippen molar-refractivity contribution in [1.82, 2.24) is 5.43 Å². The second kappa shape index (κ2) is 5.68. The molecule has 1 N–H and O–H groups in total. The molecule has 1 aliphatic rings. The van der Waals surface area contributed by atoms with E-state index in [-0.39, 0.29) is 5.69 Å². The maximum Gasteiger partial charge on any atom is 0.531 e. The summed E-state index contributed by atoms with van der Waals surface area (Å²) in [5.41, 5.74) is 3.36. The highest BCUT2D eigenvalue weighted by atomic mass is 16.6. The number of carbonyl (C=O) groups is 2. The Morgan fingerprint density at radius 2 is 1.70 bits per heavy atom. The molecule has 23 heavy (non-hydrogen) atoms. The minimum atomic E-state index is -0.570. The van der Waals surface area contributed by atoms with E-state index in [0.29, 0.717) is 11.3 Å². The molecular formula is C15H11N4O4+. The second-order valence-electron chi connectivity index (χ2n) is 4.72. The van der Waals surface area contributed by atoms with E-state index in [0.717, 1.165) is 9.58 Å². The quantitative estimate of drug-likeness (QED) is 0.534. The number of amides is 4. The van der Waals surface area contributed by atoms with E-state index >= 15 is 0 Å². The number of nitro benzene ring substituents is 1. The van der Waals surface area contributed by atoms with Crippen LogP contribution in [0.2, 0.25) is 0 Å². The highest BCUT2D eigenvalue weighted by Gasteiger charge is 2.44. The molecule has 2 aromatic rings. The molecule has 1 aliphatic heterocycles. The first-order valence-electron chi connectivity index (χ1n) is 6.64. The smallest absolute Gasteiger partial charge is 0.258 e. The molecule has 1 heterocycles. The highest BCUT2D eigenvalue weighted by Crippen LogP contribution is 2.17. The fourth-order valence-electron chi connectivity index (χ4n) is 2.12. The van der Waals surface area contributed by atoms with E-state index in [1.165, 1.54) is 30.5 Å². The molecule has 0 atom stereocenters. The van der Waals surface area contributed by atoms with Crippen molar-refractivity contribution in [3.05, 3.63) is 70.3 Å². The Hall–Kier alpha value is -3.55. The summed E-state index contributed by atoms with van der Waals surface area (Å²) in [5, 5.41) is 10.6. The third kappa shape index (κ3) is 2.77. The molecule has 0 aromatic heterocycles. The lowest BCUT2D eigenvalue weighted by molar-refractivity contribution is -0.458. The number of anilines is 1. The number of nitrogens with one attached hydrogen (secondary N) is 1. The zero-order valence-corrected chi connectivity index (χ0v) is 11.7. The largest absolute Gasteiger partial charge is 0.531 e. The number of hydrazone groups is 1. The van der Waals surface area contributed by atoms with Crippen molar-refractivity contribution in [2.45, 2.75) is 0 Å². The average molecular weight is 311 g/mol. The fourth-order valence-corrected chi connectivity index (χ4v) is 2.12. The summed E-state index contributed by atoms with van der Waals surface area (Å²) in [7, 11) is 0. The van der Waals surface area contributed by atoms with Gasteiger partial charge in [0.05, 0.1) is 4.92 Å². The van der Waals surface area contributed by atoms with Crippen LogP contribution in [0.3, 0.4) is 0 Å². The number of hydrogen-bond acceptors (Lipinski definition) is 4. The Morgan fingerprint density at radius 3 is 2.30 bits per heavy atom. The number of hydrazine groups is 1. The number of urea groups is 2. The van der Waals surface area contributed by atoms with E-state index in [4.69, 9.17) is 0 Å². The first-order valence-corrected chi connectivity index (χ1v) is 6.64. The van der Waals surface area contributed by atoms with Gasteiger partial charge in [0.25, 0.3) is 5.69 Å². The predicted octanol–water partition coefficient (Wildman–Crippen LogP) is 2.29. The van der Waals surface area contributed by atoms with Gasteiger partial charge in [-0.1, -0.05) is 22.9 Å². The molecule has 8 nitrogen and oxygen atoms in total. The number of rotatable bonds is 3. The van der Waals surface area contributed by atoms with Crippen molar-refractivity contribution >= 4 is 29.7 Å². The zero-order chi connectivity index (χ0) is 16.4. The minimum absolute atomic E-state index is 0.0511. The number of benzene rings is 2. The molecule has 8 heteroatoms. The zero-order valence-electron chi connectivity index (χ0n) is 11.7. The van der Waals surface area contributed by atoms with Gasteiger partial charge in [0.1, 0.15) is 11.9 Å². The molecule has 0 aliphatic carbocycles. The van der Waals surface area contributed by atoms with Crippen molar-refractivity contribution in [3.63, 3.8) is 0 Å². The van der Waals surface area contributed by atoms with Gasteiger partial charge < -0.3 is 0 Å². The van der Waals surface area contributed by atoms with E-state index in [2.05, 4.69) is 5.43 Å². The molecule has 4 amide bonds. The number of non-ortho nitro benzene ring substituents is 1. The van der Waals surface area contributed by atoms with Crippen LogP contribution in [-0.2, 0) is 0 Å². The van der Waals surface area contributed by atoms with Crippen molar-refractivity contribution in [2.24, 2.45) is 0 Å². The van der Waals surface area contributed by atoms with E-state index in [1.807, 2.05) is 0 Å². The van der Waals surface area contributed by atoms with Gasteiger partial charge in [-0.05, 0) is 24.3 Å². The van der Waals surface area contributed by atoms with Crippen LogP contribution in [0.4, 0.5) is 21.0 Å². The van der Waals surface area contributed by atoms with Crippen molar-refractivity contribution < 1.29 is 19.2 Å². The van der Waals surface area contributed by atoms with Gasteiger partial charge in [0, 0.05) is 17.7 Å². The van der Waals surface area contributed by atoms with Gasteiger partial charge in [-0.3, -0.25) is 10.1 Å². The Labute approximate surface area is 130 Å². The van der Waals surface area contributed by atoms with Crippen molar-refractivity contribution in [3.8, 4) is 0 Å². The average Bonchev–Trinajstić information content (AvgIpc) is 2.82. The van der Waals surface area contributed by atoms with Crippen LogP contribution < -0.4 is 10.3 Å². The molecule has 0 unspecified atom stereocenters. The maximum atomic E-state index is 12.3. The number of hydrogen-bond donors (Lipinski definition) is 1. The minimum Gasteiger partial charge on any atom is -0.258 e. The Bertz CT molecular complexity index is 815. The molecule has 0 radical (unpaired) electrons. The topological polar surface area (TPSA) is 95.6 Å². The van der Waals surface area contributed by atoms with Gasteiger partial charge in [-0.25, -0.2) is 4.79 Å². The molecule has 0 saturated carbocycles. The standard InChI is InChI=1S/C15H10N4O4/c20-14-16-17(10-11-6-8-13(9-7-11)19(22)23)15(21)18(14)12-4-2-1-3-5-12/h1-10H/p+1/b17-10-. The van der Waals surface area contributed by atoms with Crippen LogP contribution in [0.15, 0.2) is 54.6 Å². The molecule has 0 spiro atoms. The summed E-state index contributed by atoms with van der Waals surface area (Å²) in [6.07, 6.45) is 1.40. The number of nitrogens with zero attached hydrogens (tertiary/aromatic N) is 3. The first kappa shape index (κ1) is 14.4. The number of imide groups is 1. The second-order valence-corrected chi connectivity index (χ2v) is 4.72. The number of para-hydroxylation sites is 1. The third-order valence-electron chi connectivity index (χ3n) is 3.21. The van der Waals surface area contributed by atoms with Crippen LogP contribution in [0, 0.1) is 10.1 Å². The summed E-state index contributed by atoms with van der Waals surface area (Å²) in [6.45, 7) is 0. The van der Waals surface area contributed by atoms with Crippen molar-refractivity contribution in [1.29, 1.82) is 0 Å². The summed E-state index contributed by atoms with van der Waals surface area (Å²) in [4.78, 5) is 35.4. The van der Waals surface area contributed by atoms with Crippen LogP contribution in [0.1, 0.15) is 5.56 Å². The summed E-state index contributed by atoms with van der Waals surface area (Å²) >= 11 is 0. The first-order chi connectivity index (χ1) is 11.1. The van der Waals surface area contributed by atoms with E-state index in [9.17, 15) is 19.7 Å². The normalized spacial score (nSPS) is 15.8. The SMILES string of the molecule is O=C1N/[N+](=C\c2ccc([N+](=O)[O-])cc2)C(=O)N1c1ccccc1. The van der Waals surface area contributed by atoms with Gasteiger partial charge in [0.2, 0.25) is 0 Å².